The van der Waals surface area contributed by atoms with Crippen LogP contribution in [0.2, 0.25) is 0 Å². The molecular formula is C10H19NO2S. The van der Waals surface area contributed by atoms with Gasteiger partial charge in [0.05, 0.1) is 5.25 Å². The standard InChI is InChI=1S/C10H19NO2S/c1-8-2-6-10(7-3-8)14(12,13)11-9-4-5-9/h8-11H,2-7H2,1H3. The van der Waals surface area contributed by atoms with E-state index >= 15 is 0 Å². The largest absolute Gasteiger partial charge is 0.214 e. The summed E-state index contributed by atoms with van der Waals surface area (Å²) in [5.74, 6) is 0.711. The van der Waals surface area contributed by atoms with Crippen LogP contribution in [0.5, 0.6) is 0 Å². The molecule has 0 saturated heterocycles. The van der Waals surface area contributed by atoms with E-state index < -0.39 is 10.0 Å². The molecule has 0 aromatic rings. The van der Waals surface area contributed by atoms with Gasteiger partial charge >= 0.3 is 0 Å². The molecule has 2 saturated carbocycles. The highest BCUT2D eigenvalue weighted by Gasteiger charge is 2.34. The van der Waals surface area contributed by atoms with Gasteiger partial charge in [-0.05, 0) is 44.4 Å². The van der Waals surface area contributed by atoms with Crippen LogP contribution in [0.1, 0.15) is 45.4 Å². The highest BCUT2D eigenvalue weighted by Crippen LogP contribution is 2.29. The summed E-state index contributed by atoms with van der Waals surface area (Å²) in [6.45, 7) is 2.21. The molecule has 0 aromatic carbocycles. The van der Waals surface area contributed by atoms with Crippen molar-refractivity contribution in [1.82, 2.24) is 4.72 Å². The van der Waals surface area contributed by atoms with Crippen LogP contribution in [0.3, 0.4) is 0 Å². The van der Waals surface area contributed by atoms with Crippen molar-refractivity contribution in [3.63, 3.8) is 0 Å². The van der Waals surface area contributed by atoms with Gasteiger partial charge in [-0.1, -0.05) is 6.92 Å². The first-order valence-corrected chi connectivity index (χ1v) is 7.13. The lowest BCUT2D eigenvalue weighted by Crippen LogP contribution is -2.37. The van der Waals surface area contributed by atoms with Crippen LogP contribution >= 0.6 is 0 Å². The molecule has 4 heteroatoms. The van der Waals surface area contributed by atoms with Gasteiger partial charge in [0.15, 0.2) is 0 Å². The molecule has 0 atom stereocenters. The average molecular weight is 217 g/mol. The molecule has 2 aliphatic carbocycles. The second-order valence-electron chi connectivity index (χ2n) is 4.82. The van der Waals surface area contributed by atoms with Crippen molar-refractivity contribution in [2.24, 2.45) is 5.92 Å². The Kier molecular flexibility index (Phi) is 2.84. The van der Waals surface area contributed by atoms with Crippen molar-refractivity contribution in [1.29, 1.82) is 0 Å². The summed E-state index contributed by atoms with van der Waals surface area (Å²) < 4.78 is 26.5. The molecule has 1 N–H and O–H groups in total. The zero-order valence-corrected chi connectivity index (χ0v) is 9.52. The minimum atomic E-state index is -2.99. The molecule has 0 bridgehead atoms. The van der Waals surface area contributed by atoms with Gasteiger partial charge in [0, 0.05) is 6.04 Å². The van der Waals surface area contributed by atoms with E-state index in [9.17, 15) is 8.42 Å². The molecule has 0 heterocycles. The van der Waals surface area contributed by atoms with E-state index in [1.54, 1.807) is 0 Å². The minimum absolute atomic E-state index is 0.112. The summed E-state index contributed by atoms with van der Waals surface area (Å²) in [5, 5.41) is -0.112. The molecule has 0 amide bonds. The molecule has 3 nitrogen and oxygen atoms in total. The molecule has 2 rings (SSSR count). The molecule has 0 unspecified atom stereocenters. The molecule has 14 heavy (non-hydrogen) atoms. The Morgan fingerprint density at radius 2 is 1.57 bits per heavy atom. The predicted molar refractivity (Wildman–Crippen MR) is 56.5 cm³/mol. The quantitative estimate of drug-likeness (QED) is 0.781. The van der Waals surface area contributed by atoms with Crippen molar-refractivity contribution in [3.8, 4) is 0 Å². The highest BCUT2D eigenvalue weighted by atomic mass is 32.2. The van der Waals surface area contributed by atoms with Crippen LogP contribution in [-0.4, -0.2) is 19.7 Å². The fourth-order valence-corrected chi connectivity index (χ4v) is 3.86. The summed E-state index contributed by atoms with van der Waals surface area (Å²) in [6, 6.07) is 0.263. The summed E-state index contributed by atoms with van der Waals surface area (Å²) in [6.07, 6.45) is 5.89. The number of hydrogen-bond acceptors (Lipinski definition) is 2. The summed E-state index contributed by atoms with van der Waals surface area (Å²) >= 11 is 0. The van der Waals surface area contributed by atoms with Gasteiger partial charge in [-0.2, -0.15) is 0 Å². The molecule has 2 fully saturated rings. The van der Waals surface area contributed by atoms with Crippen LogP contribution in [0.25, 0.3) is 0 Å². The smallest absolute Gasteiger partial charge is 0.212 e. The predicted octanol–water partition coefficient (Wildman–Crippen LogP) is 1.65. The number of rotatable bonds is 3. The first-order valence-electron chi connectivity index (χ1n) is 5.59. The van der Waals surface area contributed by atoms with E-state index in [-0.39, 0.29) is 11.3 Å². The third kappa shape index (κ3) is 2.48. The van der Waals surface area contributed by atoms with E-state index in [2.05, 4.69) is 11.6 Å². The topological polar surface area (TPSA) is 46.2 Å². The lowest BCUT2D eigenvalue weighted by atomic mass is 9.91. The number of nitrogens with one attached hydrogen (secondary N) is 1. The fourth-order valence-electron chi connectivity index (χ4n) is 2.07. The second-order valence-corrected chi connectivity index (χ2v) is 6.81. The average Bonchev–Trinajstić information content (AvgIpc) is 2.88. The van der Waals surface area contributed by atoms with Gasteiger partial charge in [0.1, 0.15) is 0 Å². The molecule has 0 spiro atoms. The van der Waals surface area contributed by atoms with Crippen LogP contribution in [0.15, 0.2) is 0 Å². The maximum absolute atomic E-state index is 11.8. The zero-order chi connectivity index (χ0) is 10.2. The van der Waals surface area contributed by atoms with Crippen LogP contribution in [0, 0.1) is 5.92 Å². The second kappa shape index (κ2) is 3.81. The van der Waals surface area contributed by atoms with Crippen molar-refractivity contribution in [2.75, 3.05) is 0 Å². The maximum Gasteiger partial charge on any atom is 0.214 e. The Balaban J connectivity index is 1.92. The van der Waals surface area contributed by atoms with Crippen molar-refractivity contribution in [2.45, 2.75) is 56.7 Å². The van der Waals surface area contributed by atoms with E-state index in [0.717, 1.165) is 38.5 Å². The van der Waals surface area contributed by atoms with Gasteiger partial charge < -0.3 is 0 Å². The van der Waals surface area contributed by atoms with E-state index in [4.69, 9.17) is 0 Å². The Hall–Kier alpha value is -0.0900. The van der Waals surface area contributed by atoms with E-state index in [0.29, 0.717) is 5.92 Å². The lowest BCUT2D eigenvalue weighted by molar-refractivity contribution is 0.380. The Bertz CT molecular complexity index is 287. The SMILES string of the molecule is CC1CCC(S(=O)(=O)NC2CC2)CC1. The van der Waals surface area contributed by atoms with Gasteiger partial charge in [-0.15, -0.1) is 0 Å². The van der Waals surface area contributed by atoms with Crippen molar-refractivity contribution in [3.05, 3.63) is 0 Å². The van der Waals surface area contributed by atoms with Crippen LogP contribution in [0.4, 0.5) is 0 Å². The van der Waals surface area contributed by atoms with E-state index in [1.165, 1.54) is 0 Å². The lowest BCUT2D eigenvalue weighted by Gasteiger charge is -2.26. The first-order chi connectivity index (χ1) is 6.58. The summed E-state index contributed by atoms with van der Waals surface area (Å²) in [7, 11) is -2.99. The number of hydrogen-bond donors (Lipinski definition) is 1. The Labute approximate surface area is 86.3 Å². The molecular weight excluding hydrogens is 198 g/mol. The van der Waals surface area contributed by atoms with Crippen molar-refractivity contribution < 1.29 is 8.42 Å². The third-order valence-electron chi connectivity index (χ3n) is 3.31. The normalized spacial score (nSPS) is 34.4. The zero-order valence-electron chi connectivity index (χ0n) is 8.70. The third-order valence-corrected chi connectivity index (χ3v) is 5.32. The van der Waals surface area contributed by atoms with Gasteiger partial charge in [0.25, 0.3) is 0 Å². The van der Waals surface area contributed by atoms with Crippen LogP contribution < -0.4 is 4.72 Å². The van der Waals surface area contributed by atoms with Gasteiger partial charge in [0.2, 0.25) is 10.0 Å². The van der Waals surface area contributed by atoms with E-state index in [1.807, 2.05) is 0 Å². The van der Waals surface area contributed by atoms with Crippen molar-refractivity contribution >= 4 is 10.0 Å². The van der Waals surface area contributed by atoms with Crippen LogP contribution in [-0.2, 0) is 10.0 Å². The molecule has 0 radical (unpaired) electrons. The summed E-state index contributed by atoms with van der Waals surface area (Å²) in [5.41, 5.74) is 0. The highest BCUT2D eigenvalue weighted by molar-refractivity contribution is 7.90. The monoisotopic (exact) mass is 217 g/mol. The molecule has 0 aliphatic heterocycles. The van der Waals surface area contributed by atoms with Gasteiger partial charge in [-0.3, -0.25) is 0 Å². The number of sulfonamides is 1. The fraction of sp³-hybridized carbons (Fsp3) is 1.00. The van der Waals surface area contributed by atoms with Gasteiger partial charge in [-0.25, -0.2) is 13.1 Å². The molecule has 82 valence electrons. The molecule has 0 aromatic heterocycles. The summed E-state index contributed by atoms with van der Waals surface area (Å²) in [4.78, 5) is 0. The Morgan fingerprint density at radius 1 is 1.00 bits per heavy atom. The molecule has 2 aliphatic rings. The first kappa shape index (κ1) is 10.4. The minimum Gasteiger partial charge on any atom is -0.212 e. The Morgan fingerprint density at radius 3 is 2.07 bits per heavy atom. The maximum atomic E-state index is 11.8.